The van der Waals surface area contributed by atoms with Gasteiger partial charge in [0.05, 0.1) is 7.11 Å². The van der Waals surface area contributed by atoms with Gasteiger partial charge in [0.25, 0.3) is 0 Å². The normalized spacial score (nSPS) is 11.5. The number of methoxy groups -OCH3 is 1. The van der Waals surface area contributed by atoms with Crippen LogP contribution in [0.15, 0.2) is 78.2 Å². The summed E-state index contributed by atoms with van der Waals surface area (Å²) in [4.78, 5) is 0. The van der Waals surface area contributed by atoms with Gasteiger partial charge in [-0.15, -0.1) is 0 Å². The van der Waals surface area contributed by atoms with Crippen molar-refractivity contribution in [3.05, 3.63) is 100 Å². The molecule has 5 nitrogen and oxygen atoms in total. The molecule has 3 aromatic carbocycles. The topological polar surface area (TPSA) is 64.6 Å². The van der Waals surface area contributed by atoms with Crippen LogP contribution in [0.4, 0.5) is 0 Å². The Morgan fingerprint density at radius 1 is 0.900 bits per heavy atom. The summed E-state index contributed by atoms with van der Waals surface area (Å²) in [6, 6.07) is 22.8. The number of nitrogens with one attached hydrogen (secondary N) is 1. The van der Waals surface area contributed by atoms with Crippen LogP contribution in [-0.4, -0.2) is 15.5 Å². The Balaban J connectivity index is 1.61. The molecule has 0 amide bonds. The van der Waals surface area contributed by atoms with Crippen LogP contribution in [0.3, 0.4) is 0 Å². The van der Waals surface area contributed by atoms with Gasteiger partial charge in [0.2, 0.25) is 10.0 Å². The Morgan fingerprint density at radius 3 is 2.33 bits per heavy atom. The molecule has 30 heavy (non-hydrogen) atoms. The fourth-order valence-corrected chi connectivity index (χ4v) is 3.55. The lowest BCUT2D eigenvalue weighted by molar-refractivity contribution is 0.284. The third kappa shape index (κ3) is 6.47. The van der Waals surface area contributed by atoms with Crippen molar-refractivity contribution in [2.75, 3.05) is 7.11 Å². The van der Waals surface area contributed by atoms with E-state index >= 15 is 0 Å². The fourth-order valence-electron chi connectivity index (χ4n) is 2.75. The van der Waals surface area contributed by atoms with Crippen molar-refractivity contribution in [3.63, 3.8) is 0 Å². The molecule has 0 unspecified atom stereocenters. The van der Waals surface area contributed by atoms with E-state index in [0.717, 1.165) is 22.3 Å². The predicted octanol–water partition coefficient (Wildman–Crippen LogP) is 4.67. The summed E-state index contributed by atoms with van der Waals surface area (Å²) in [6.45, 7) is 2.56. The molecule has 0 spiro atoms. The molecule has 0 saturated heterocycles. The molecule has 0 bridgehead atoms. The molecule has 3 rings (SSSR count). The molecule has 6 heteroatoms. The van der Waals surface area contributed by atoms with Crippen LogP contribution in [0.1, 0.15) is 22.3 Å². The Bertz CT molecular complexity index is 1090. The zero-order valence-electron chi connectivity index (χ0n) is 17.0. The van der Waals surface area contributed by atoms with Crippen molar-refractivity contribution in [1.82, 2.24) is 4.72 Å². The van der Waals surface area contributed by atoms with Crippen LogP contribution >= 0.6 is 0 Å². The van der Waals surface area contributed by atoms with Gasteiger partial charge in [0.15, 0.2) is 11.5 Å². The summed E-state index contributed by atoms with van der Waals surface area (Å²) < 4.78 is 38.4. The van der Waals surface area contributed by atoms with Crippen LogP contribution in [-0.2, 0) is 23.2 Å². The van der Waals surface area contributed by atoms with E-state index in [-0.39, 0.29) is 6.54 Å². The molecule has 0 atom stereocenters. The number of hydrogen-bond acceptors (Lipinski definition) is 4. The quantitative estimate of drug-likeness (QED) is 0.543. The second-order valence-electron chi connectivity index (χ2n) is 6.84. The summed E-state index contributed by atoms with van der Waals surface area (Å²) in [5, 5.41) is 1.17. The molecule has 0 aliphatic heterocycles. The van der Waals surface area contributed by atoms with Crippen molar-refractivity contribution in [2.45, 2.75) is 20.1 Å². The molecular weight excluding hydrogens is 398 g/mol. The van der Waals surface area contributed by atoms with Gasteiger partial charge in [-0.05, 0) is 41.8 Å². The Morgan fingerprint density at radius 2 is 1.63 bits per heavy atom. The standard InChI is InChI=1S/C24H25NO4S/c1-19-8-10-20(11-9-19)14-15-30(26,27)25-17-22-12-13-23(24(16-22)28-2)29-18-21-6-4-3-5-7-21/h3-16,25H,17-18H2,1-2H3/b15-14+. The fraction of sp³-hybridized carbons (Fsp3) is 0.167. The molecule has 0 aliphatic carbocycles. The largest absolute Gasteiger partial charge is 0.493 e. The van der Waals surface area contributed by atoms with Crippen molar-refractivity contribution < 1.29 is 17.9 Å². The number of sulfonamides is 1. The van der Waals surface area contributed by atoms with E-state index in [4.69, 9.17) is 9.47 Å². The SMILES string of the molecule is COc1cc(CNS(=O)(=O)/C=C/c2ccc(C)cc2)ccc1OCc1ccccc1. The van der Waals surface area contributed by atoms with Crippen LogP contribution < -0.4 is 14.2 Å². The lowest BCUT2D eigenvalue weighted by atomic mass is 10.2. The van der Waals surface area contributed by atoms with E-state index in [1.165, 1.54) is 5.41 Å². The van der Waals surface area contributed by atoms with Gasteiger partial charge < -0.3 is 9.47 Å². The molecule has 0 saturated carbocycles. The summed E-state index contributed by atoms with van der Waals surface area (Å²) >= 11 is 0. The smallest absolute Gasteiger partial charge is 0.234 e. The first-order valence-corrected chi connectivity index (χ1v) is 11.1. The zero-order chi connectivity index (χ0) is 21.4. The summed E-state index contributed by atoms with van der Waals surface area (Å²) in [5.74, 6) is 1.16. The van der Waals surface area contributed by atoms with Gasteiger partial charge in [-0.25, -0.2) is 13.1 Å². The molecule has 3 aromatic rings. The summed E-state index contributed by atoms with van der Waals surface area (Å²) in [7, 11) is -2.01. The third-order valence-corrected chi connectivity index (χ3v) is 5.50. The maximum atomic E-state index is 12.3. The van der Waals surface area contributed by atoms with Crippen molar-refractivity contribution in [1.29, 1.82) is 0 Å². The monoisotopic (exact) mass is 423 g/mol. The second kappa shape index (κ2) is 10.1. The van der Waals surface area contributed by atoms with Gasteiger partial charge in [-0.2, -0.15) is 0 Å². The average Bonchev–Trinajstić information content (AvgIpc) is 2.77. The van der Waals surface area contributed by atoms with Crippen molar-refractivity contribution in [3.8, 4) is 11.5 Å². The van der Waals surface area contributed by atoms with Crippen molar-refractivity contribution >= 4 is 16.1 Å². The van der Waals surface area contributed by atoms with Gasteiger partial charge in [-0.3, -0.25) is 0 Å². The van der Waals surface area contributed by atoms with E-state index in [9.17, 15) is 8.42 Å². The van der Waals surface area contributed by atoms with Crippen molar-refractivity contribution in [2.24, 2.45) is 0 Å². The maximum absolute atomic E-state index is 12.3. The Labute approximate surface area is 178 Å². The number of aryl methyl sites for hydroxylation is 1. The minimum atomic E-state index is -3.57. The minimum absolute atomic E-state index is 0.149. The minimum Gasteiger partial charge on any atom is -0.493 e. The Hall–Kier alpha value is -3.09. The number of hydrogen-bond donors (Lipinski definition) is 1. The van der Waals surface area contributed by atoms with E-state index < -0.39 is 10.0 Å². The number of ether oxygens (including phenoxy) is 2. The number of benzene rings is 3. The van der Waals surface area contributed by atoms with Crippen LogP contribution in [0.5, 0.6) is 11.5 Å². The highest BCUT2D eigenvalue weighted by Gasteiger charge is 2.09. The van der Waals surface area contributed by atoms with E-state index in [1.54, 1.807) is 25.3 Å². The van der Waals surface area contributed by atoms with Gasteiger partial charge >= 0.3 is 0 Å². The predicted molar refractivity (Wildman–Crippen MR) is 120 cm³/mol. The van der Waals surface area contributed by atoms with Crippen LogP contribution in [0, 0.1) is 6.92 Å². The number of rotatable bonds is 9. The molecule has 156 valence electrons. The first kappa shape index (κ1) is 21.6. The summed E-state index contributed by atoms with van der Waals surface area (Å²) in [6.07, 6.45) is 1.57. The van der Waals surface area contributed by atoms with Crippen LogP contribution in [0.2, 0.25) is 0 Å². The van der Waals surface area contributed by atoms with Gasteiger partial charge in [-0.1, -0.05) is 66.2 Å². The molecule has 1 N–H and O–H groups in total. The highest BCUT2D eigenvalue weighted by atomic mass is 32.2. The van der Waals surface area contributed by atoms with Crippen LogP contribution in [0.25, 0.3) is 6.08 Å². The lowest BCUT2D eigenvalue weighted by Gasteiger charge is -2.12. The first-order chi connectivity index (χ1) is 14.4. The molecule has 0 aromatic heterocycles. The summed E-state index contributed by atoms with van der Waals surface area (Å²) in [5.41, 5.74) is 3.77. The molecule has 0 heterocycles. The van der Waals surface area contributed by atoms with Gasteiger partial charge in [0, 0.05) is 12.0 Å². The third-order valence-electron chi connectivity index (χ3n) is 4.46. The van der Waals surface area contributed by atoms with E-state index in [0.29, 0.717) is 18.1 Å². The van der Waals surface area contributed by atoms with Gasteiger partial charge in [0.1, 0.15) is 6.61 Å². The maximum Gasteiger partial charge on any atom is 0.234 e. The molecule has 0 fully saturated rings. The average molecular weight is 424 g/mol. The van der Waals surface area contributed by atoms with E-state index in [2.05, 4.69) is 4.72 Å². The molecule has 0 radical (unpaired) electrons. The first-order valence-electron chi connectivity index (χ1n) is 9.53. The Kier molecular flexibility index (Phi) is 7.27. The molecular formula is C24H25NO4S. The van der Waals surface area contributed by atoms with E-state index in [1.807, 2.05) is 67.6 Å². The molecule has 0 aliphatic rings. The second-order valence-corrected chi connectivity index (χ2v) is 8.49. The highest BCUT2D eigenvalue weighted by Crippen LogP contribution is 2.29. The lowest BCUT2D eigenvalue weighted by Crippen LogP contribution is -2.20. The highest BCUT2D eigenvalue weighted by molar-refractivity contribution is 7.92. The zero-order valence-corrected chi connectivity index (χ0v) is 17.9.